The number of benzene rings is 1. The molecule has 5 rings (SSSR count). The highest BCUT2D eigenvalue weighted by Crippen LogP contribution is 2.49. The Morgan fingerprint density at radius 3 is 2.10 bits per heavy atom. The summed E-state index contributed by atoms with van der Waals surface area (Å²) in [5.41, 5.74) is -4.06. The van der Waals surface area contributed by atoms with Crippen LogP contribution in [-0.2, 0) is 23.8 Å². The van der Waals surface area contributed by atoms with Crippen LogP contribution in [0.4, 0.5) is 0 Å². The second-order valence-corrected chi connectivity index (χ2v) is 15.3. The molecule has 9 atom stereocenters. The number of ketones is 3. The molecule has 19 nitrogen and oxygen atoms in total. The summed E-state index contributed by atoms with van der Waals surface area (Å²) >= 11 is 0. The third-order valence-electron chi connectivity index (χ3n) is 11.1. The molecule has 1 aliphatic carbocycles. The molecule has 3 heterocycles. The number of carbonyl (C=O) groups is 5. The minimum Gasteiger partial charge on any atom is -0.507 e. The molecule has 59 heavy (non-hydrogen) atoms. The highest BCUT2D eigenvalue weighted by atomic mass is 16.7. The van der Waals surface area contributed by atoms with Crippen molar-refractivity contribution in [3.05, 3.63) is 89.9 Å². The first-order chi connectivity index (χ1) is 27.5. The number of ether oxygens (including phenoxy) is 4. The number of rotatable bonds is 7. The van der Waals surface area contributed by atoms with Gasteiger partial charge in [0.15, 0.2) is 5.78 Å². The average molecular weight is 828 g/mol. The van der Waals surface area contributed by atoms with Crippen molar-refractivity contribution < 1.29 is 68.1 Å². The molecule has 0 spiro atoms. The molecule has 0 saturated carbocycles. The Bertz CT molecular complexity index is 2050. The van der Waals surface area contributed by atoms with E-state index in [2.05, 4.69) is 5.32 Å². The summed E-state index contributed by atoms with van der Waals surface area (Å²) in [4.78, 5) is 90.8. The Balaban J connectivity index is 1.99. The standard InChI is InChI=1S/C40H49N3O16/c1-17-11-10-12-18(2)39(51)41-30-26(24(15-42(52)53)16-43(54)55)34(48)27-28(35(30)49)33(47)22(6)37-29(27)38(50)40(8,59-37)57-14-13-25(56-9)19(3)36(58-23(7)44)21(5)32(46)20(4)31(17)45/h10-14,17,19-21,24-25,31-32,36,45-47H,15-16H2,1-9H3,(H,41,51)/b11-10+,14-13+,18-12-/t17-,19+,20+,21+,25-,31-,32+,36+,40-/m0/s1. The van der Waals surface area contributed by atoms with Gasteiger partial charge in [-0.2, -0.15) is 0 Å². The molecular formula is C40H49N3O16. The van der Waals surface area contributed by atoms with Crippen molar-refractivity contribution in [2.75, 3.05) is 20.2 Å². The Morgan fingerprint density at radius 1 is 0.932 bits per heavy atom. The van der Waals surface area contributed by atoms with Crippen LogP contribution < -0.4 is 10.1 Å². The lowest BCUT2D eigenvalue weighted by Gasteiger charge is -2.38. The number of methoxy groups -OCH3 is 1. The molecule has 1 amide bonds. The second kappa shape index (κ2) is 18.0. The van der Waals surface area contributed by atoms with E-state index < -0.39 is 146 Å². The van der Waals surface area contributed by atoms with Crippen LogP contribution in [0.25, 0.3) is 0 Å². The number of nitrogens with one attached hydrogen (secondary N) is 1. The van der Waals surface area contributed by atoms with E-state index in [0.717, 1.165) is 6.26 Å². The molecule has 1 aromatic rings. The zero-order chi connectivity index (χ0) is 44.4. The first-order valence-corrected chi connectivity index (χ1v) is 18.8. The summed E-state index contributed by atoms with van der Waals surface area (Å²) in [5, 5.41) is 60.0. The second-order valence-electron chi connectivity index (χ2n) is 15.3. The summed E-state index contributed by atoms with van der Waals surface area (Å²) in [6.45, 7) is 9.07. The lowest BCUT2D eigenvalue weighted by atomic mass is 9.77. The Kier molecular flexibility index (Phi) is 14.0. The van der Waals surface area contributed by atoms with Crippen molar-refractivity contribution >= 4 is 29.2 Å². The van der Waals surface area contributed by atoms with Crippen molar-refractivity contribution in [2.24, 2.45) is 29.6 Å². The van der Waals surface area contributed by atoms with Crippen LogP contribution in [-0.4, -0.2) is 105 Å². The van der Waals surface area contributed by atoms with Crippen LogP contribution >= 0.6 is 0 Å². The zero-order valence-corrected chi connectivity index (χ0v) is 34.0. The minimum atomic E-state index is -2.28. The quantitative estimate of drug-likeness (QED) is 0.174. The number of esters is 1. The fourth-order valence-electron chi connectivity index (χ4n) is 7.70. The number of nitro groups is 2. The van der Waals surface area contributed by atoms with Crippen molar-refractivity contribution in [1.82, 2.24) is 5.32 Å². The zero-order valence-electron chi connectivity index (χ0n) is 34.0. The Morgan fingerprint density at radius 2 is 1.54 bits per heavy atom. The maximum Gasteiger partial charge on any atom is 0.312 e. The van der Waals surface area contributed by atoms with Gasteiger partial charge < -0.3 is 39.6 Å². The molecule has 1 aromatic carbocycles. The van der Waals surface area contributed by atoms with Gasteiger partial charge in [0.25, 0.3) is 11.7 Å². The predicted octanol–water partition coefficient (Wildman–Crippen LogP) is 3.17. The predicted molar refractivity (Wildman–Crippen MR) is 205 cm³/mol. The maximum absolute atomic E-state index is 14.6. The minimum absolute atomic E-state index is 0.0955. The van der Waals surface area contributed by atoms with Crippen molar-refractivity contribution in [1.29, 1.82) is 0 Å². The van der Waals surface area contributed by atoms with Gasteiger partial charge in [0, 0.05) is 71.2 Å². The van der Waals surface area contributed by atoms with E-state index >= 15 is 0 Å². The molecule has 0 radical (unpaired) electrons. The molecule has 5 bridgehead atoms. The number of aliphatic hydroxyl groups is 2. The van der Waals surface area contributed by atoms with Crippen LogP contribution in [0.3, 0.4) is 0 Å². The van der Waals surface area contributed by atoms with E-state index in [1.807, 2.05) is 0 Å². The number of phenols is 1. The molecule has 0 saturated heterocycles. The van der Waals surface area contributed by atoms with E-state index in [-0.39, 0.29) is 16.9 Å². The number of Topliss-reactive ketones (excluding diaryl/α,β-unsaturated/α-hetero) is 3. The third kappa shape index (κ3) is 9.11. The van der Waals surface area contributed by atoms with E-state index in [1.54, 1.807) is 27.7 Å². The molecule has 0 unspecified atom stereocenters. The smallest absolute Gasteiger partial charge is 0.312 e. The lowest BCUT2D eigenvalue weighted by Crippen LogP contribution is -2.46. The van der Waals surface area contributed by atoms with Crippen molar-refractivity contribution in [3.63, 3.8) is 0 Å². The van der Waals surface area contributed by atoms with Crippen molar-refractivity contribution in [3.8, 4) is 11.5 Å². The van der Waals surface area contributed by atoms with Gasteiger partial charge in [-0.3, -0.25) is 44.2 Å². The average Bonchev–Trinajstić information content (AvgIpc) is 3.42. The summed E-state index contributed by atoms with van der Waals surface area (Å²) in [5.74, 6) is -13.5. The number of allylic oxidation sites excluding steroid dienone is 3. The third-order valence-corrected chi connectivity index (χ3v) is 11.1. The Hall–Kier alpha value is -5.79. The molecular weight excluding hydrogens is 778 g/mol. The van der Waals surface area contributed by atoms with Gasteiger partial charge in [0.05, 0.1) is 47.0 Å². The Labute approximate surface area is 339 Å². The highest BCUT2D eigenvalue weighted by Gasteiger charge is 2.54. The SMILES string of the molecule is CO[C@H]1/C=C/O[C@@]2(C)Oc3c(C)c(O)c4c(c3C2=O)C(=O)C(C(C[N+](=O)[O-])C[N+](=O)[O-])=C(NC(=O)/C(C)=C\C=C\[C@H](C)[C@H](O)[C@@H](C)[C@@H](O)[C@@H](C)[C@H](OC(C)=O)[C@@H]1C)C4=O. The van der Waals surface area contributed by atoms with E-state index in [0.29, 0.717) is 0 Å². The molecule has 3 aliphatic heterocycles. The fourth-order valence-corrected chi connectivity index (χ4v) is 7.70. The van der Waals surface area contributed by atoms with Crippen LogP contribution in [0.2, 0.25) is 0 Å². The number of aromatic hydroxyl groups is 1. The normalized spacial score (nSPS) is 31.2. The number of phenolic OH excluding ortho intramolecular Hbond substituents is 1. The highest BCUT2D eigenvalue weighted by molar-refractivity contribution is 6.32. The molecule has 19 heteroatoms. The van der Waals surface area contributed by atoms with E-state index in [9.17, 15) is 59.5 Å². The molecule has 4 aliphatic rings. The summed E-state index contributed by atoms with van der Waals surface area (Å²) in [6.07, 6.45) is 2.37. The van der Waals surface area contributed by atoms with Gasteiger partial charge in [0.2, 0.25) is 18.9 Å². The number of aliphatic hydroxyl groups excluding tert-OH is 2. The number of nitrogens with zero attached hydrogens (tertiary/aromatic N) is 2. The number of hydrogen-bond donors (Lipinski definition) is 4. The molecule has 320 valence electrons. The van der Waals surface area contributed by atoms with E-state index in [4.69, 9.17) is 18.9 Å². The van der Waals surface area contributed by atoms with Gasteiger partial charge in [-0.25, -0.2) is 0 Å². The first-order valence-electron chi connectivity index (χ1n) is 18.8. The first kappa shape index (κ1) is 45.9. The van der Waals surface area contributed by atoms with Gasteiger partial charge >= 0.3 is 11.8 Å². The van der Waals surface area contributed by atoms with Gasteiger partial charge in [-0.1, -0.05) is 45.9 Å². The van der Waals surface area contributed by atoms with Crippen LogP contribution in [0.1, 0.15) is 85.1 Å². The van der Waals surface area contributed by atoms with Crippen molar-refractivity contribution in [2.45, 2.75) is 85.6 Å². The molecule has 4 N–H and O–H groups in total. The summed E-state index contributed by atoms with van der Waals surface area (Å²) in [6, 6.07) is 0. The van der Waals surface area contributed by atoms with Gasteiger partial charge in [-0.15, -0.1) is 0 Å². The number of fused-ring (bicyclic) bond motifs is 14. The van der Waals surface area contributed by atoms with Crippen LogP contribution in [0.5, 0.6) is 11.5 Å². The molecule has 0 fully saturated rings. The number of amides is 1. The number of carbonyl (C=O) groups excluding carboxylic acids is 5. The topological polar surface area (TPSA) is 281 Å². The summed E-state index contributed by atoms with van der Waals surface area (Å²) < 4.78 is 23.1. The maximum atomic E-state index is 14.6. The van der Waals surface area contributed by atoms with E-state index in [1.165, 1.54) is 59.1 Å². The largest absolute Gasteiger partial charge is 0.507 e. The molecule has 0 aromatic heterocycles. The summed E-state index contributed by atoms with van der Waals surface area (Å²) in [7, 11) is 1.35. The van der Waals surface area contributed by atoms with Crippen LogP contribution in [0.15, 0.2) is 47.4 Å². The monoisotopic (exact) mass is 827 g/mol. The van der Waals surface area contributed by atoms with Gasteiger partial charge in [0.1, 0.15) is 23.5 Å². The van der Waals surface area contributed by atoms with Gasteiger partial charge in [-0.05, 0) is 19.9 Å². The lowest BCUT2D eigenvalue weighted by molar-refractivity contribution is -0.520. The fraction of sp³-hybridized carbons (Fsp3) is 0.525. The van der Waals surface area contributed by atoms with Crippen LogP contribution in [0, 0.1) is 56.7 Å². The number of hydrogen-bond acceptors (Lipinski definition) is 16.